The molecule has 0 saturated heterocycles. The standard InChI is InChI=1S/C28H38N2O2.ClH/c1-6-30(7-2)28(31)24-12-8-10-21(17-24)16-22-14-15-25(20-29(3)4)27(18-22)23-11-9-13-26(19-23)32-5;/h8-13,16-17,19,25,27H,6-7,14-15,18,20H2,1-5H3;1H/b22-16+;/t25-,27-;/m0./s1. The Bertz CT molecular complexity index is 937. The number of allylic oxidation sites excluding steroid dienone is 1. The highest BCUT2D eigenvalue weighted by atomic mass is 35.5. The predicted molar refractivity (Wildman–Crippen MR) is 141 cm³/mol. The number of ether oxygens (including phenoxy) is 1. The number of amides is 1. The molecule has 1 saturated carbocycles. The van der Waals surface area contributed by atoms with E-state index in [0.29, 0.717) is 11.8 Å². The topological polar surface area (TPSA) is 32.8 Å². The van der Waals surface area contributed by atoms with Crippen molar-refractivity contribution < 1.29 is 9.53 Å². The highest BCUT2D eigenvalue weighted by molar-refractivity contribution is 5.94. The second kappa shape index (κ2) is 12.8. The molecule has 0 aliphatic heterocycles. The lowest BCUT2D eigenvalue weighted by atomic mass is 9.73. The summed E-state index contributed by atoms with van der Waals surface area (Å²) in [6, 6.07) is 16.6. The first-order valence-corrected chi connectivity index (χ1v) is 11.8. The summed E-state index contributed by atoms with van der Waals surface area (Å²) in [6.07, 6.45) is 5.62. The third-order valence-corrected chi connectivity index (χ3v) is 6.56. The van der Waals surface area contributed by atoms with Crippen LogP contribution in [0.25, 0.3) is 6.08 Å². The number of nitrogens with zero attached hydrogens (tertiary/aromatic N) is 2. The summed E-state index contributed by atoms with van der Waals surface area (Å²) in [5, 5.41) is 0. The van der Waals surface area contributed by atoms with Crippen LogP contribution in [-0.2, 0) is 0 Å². The summed E-state index contributed by atoms with van der Waals surface area (Å²) < 4.78 is 5.50. The molecule has 180 valence electrons. The van der Waals surface area contributed by atoms with Gasteiger partial charge in [0.1, 0.15) is 5.75 Å². The van der Waals surface area contributed by atoms with Crippen molar-refractivity contribution in [3.8, 4) is 5.75 Å². The second-order valence-electron chi connectivity index (χ2n) is 9.05. The maximum atomic E-state index is 12.8. The van der Waals surface area contributed by atoms with Gasteiger partial charge in [0.25, 0.3) is 5.91 Å². The van der Waals surface area contributed by atoms with Crippen LogP contribution < -0.4 is 4.74 Å². The zero-order chi connectivity index (χ0) is 23.1. The minimum atomic E-state index is 0. The highest BCUT2D eigenvalue weighted by Gasteiger charge is 2.29. The summed E-state index contributed by atoms with van der Waals surface area (Å²) >= 11 is 0. The van der Waals surface area contributed by atoms with E-state index in [-0.39, 0.29) is 18.3 Å². The minimum Gasteiger partial charge on any atom is -0.497 e. The fraction of sp³-hybridized carbons (Fsp3) is 0.464. The Morgan fingerprint density at radius 3 is 2.48 bits per heavy atom. The van der Waals surface area contributed by atoms with Crippen LogP contribution in [0.5, 0.6) is 5.75 Å². The lowest BCUT2D eigenvalue weighted by Crippen LogP contribution is -2.30. The molecule has 33 heavy (non-hydrogen) atoms. The molecule has 0 heterocycles. The molecule has 0 spiro atoms. The molecule has 1 aliphatic carbocycles. The van der Waals surface area contributed by atoms with Crippen molar-refractivity contribution in [2.45, 2.75) is 39.0 Å². The Labute approximate surface area is 206 Å². The molecular weight excluding hydrogens is 432 g/mol. The number of hydrogen-bond acceptors (Lipinski definition) is 3. The third kappa shape index (κ3) is 7.09. The maximum absolute atomic E-state index is 12.8. The van der Waals surface area contributed by atoms with Crippen LogP contribution in [0.3, 0.4) is 0 Å². The zero-order valence-electron chi connectivity index (χ0n) is 20.7. The third-order valence-electron chi connectivity index (χ3n) is 6.56. The summed E-state index contributed by atoms with van der Waals surface area (Å²) in [5.41, 5.74) is 4.70. The van der Waals surface area contributed by atoms with E-state index in [2.05, 4.69) is 49.3 Å². The Kier molecular flexibility index (Phi) is 10.5. The van der Waals surface area contributed by atoms with Gasteiger partial charge in [-0.05, 0) is 94.4 Å². The van der Waals surface area contributed by atoms with Gasteiger partial charge in [-0.25, -0.2) is 0 Å². The molecule has 3 rings (SSSR count). The monoisotopic (exact) mass is 470 g/mol. The predicted octanol–water partition coefficient (Wildman–Crippen LogP) is 6.13. The van der Waals surface area contributed by atoms with E-state index in [0.717, 1.165) is 49.4 Å². The smallest absolute Gasteiger partial charge is 0.253 e. The normalized spacial score (nSPS) is 19.3. The van der Waals surface area contributed by atoms with Gasteiger partial charge in [-0.15, -0.1) is 12.4 Å². The van der Waals surface area contributed by atoms with Crippen LogP contribution >= 0.6 is 12.4 Å². The number of hydrogen-bond donors (Lipinski definition) is 0. The molecule has 0 radical (unpaired) electrons. The molecule has 0 unspecified atom stereocenters. The average Bonchev–Trinajstić information content (AvgIpc) is 2.80. The van der Waals surface area contributed by atoms with Gasteiger partial charge in [-0.1, -0.05) is 35.9 Å². The number of benzene rings is 2. The van der Waals surface area contributed by atoms with Crippen LogP contribution in [0.2, 0.25) is 0 Å². The van der Waals surface area contributed by atoms with Crippen LogP contribution in [0.1, 0.15) is 60.5 Å². The Morgan fingerprint density at radius 1 is 1.09 bits per heavy atom. The number of carbonyl (C=O) groups is 1. The molecular formula is C28H39ClN2O2. The van der Waals surface area contributed by atoms with E-state index in [1.165, 1.54) is 17.6 Å². The molecule has 0 bridgehead atoms. The Morgan fingerprint density at radius 2 is 1.82 bits per heavy atom. The summed E-state index contributed by atoms with van der Waals surface area (Å²) in [7, 11) is 6.05. The molecule has 0 N–H and O–H groups in total. The van der Waals surface area contributed by atoms with Gasteiger partial charge in [-0.3, -0.25) is 4.79 Å². The van der Waals surface area contributed by atoms with Gasteiger partial charge in [0.05, 0.1) is 7.11 Å². The summed E-state index contributed by atoms with van der Waals surface area (Å²) in [5.74, 6) is 2.11. The quantitative estimate of drug-likeness (QED) is 0.465. The van der Waals surface area contributed by atoms with Crippen LogP contribution in [0, 0.1) is 5.92 Å². The molecule has 1 fully saturated rings. The van der Waals surface area contributed by atoms with E-state index in [4.69, 9.17) is 4.74 Å². The van der Waals surface area contributed by atoms with E-state index >= 15 is 0 Å². The van der Waals surface area contributed by atoms with Crippen LogP contribution in [0.4, 0.5) is 0 Å². The van der Waals surface area contributed by atoms with Gasteiger partial charge in [0.15, 0.2) is 0 Å². The second-order valence-corrected chi connectivity index (χ2v) is 9.05. The van der Waals surface area contributed by atoms with Crippen molar-refractivity contribution in [1.82, 2.24) is 9.80 Å². The first-order chi connectivity index (χ1) is 15.4. The molecule has 1 amide bonds. The summed E-state index contributed by atoms with van der Waals surface area (Å²) in [4.78, 5) is 17.0. The summed E-state index contributed by atoms with van der Waals surface area (Å²) in [6.45, 7) is 6.60. The van der Waals surface area contributed by atoms with Crippen molar-refractivity contribution in [3.05, 3.63) is 70.8 Å². The van der Waals surface area contributed by atoms with Gasteiger partial charge >= 0.3 is 0 Å². The Balaban J connectivity index is 0.00000385. The number of carbonyl (C=O) groups excluding carboxylic acids is 1. The largest absolute Gasteiger partial charge is 0.497 e. The van der Waals surface area contributed by atoms with Gasteiger partial charge < -0.3 is 14.5 Å². The minimum absolute atomic E-state index is 0. The molecule has 4 nitrogen and oxygen atoms in total. The number of rotatable bonds is 8. The van der Waals surface area contributed by atoms with E-state index in [1.54, 1.807) is 7.11 Å². The average molecular weight is 471 g/mol. The fourth-order valence-electron chi connectivity index (χ4n) is 4.89. The lowest BCUT2D eigenvalue weighted by Gasteiger charge is -2.35. The molecule has 2 atom stereocenters. The molecule has 0 aromatic heterocycles. The van der Waals surface area contributed by atoms with E-state index < -0.39 is 0 Å². The van der Waals surface area contributed by atoms with Crippen molar-refractivity contribution in [1.29, 1.82) is 0 Å². The molecule has 5 heteroatoms. The molecule has 1 aliphatic rings. The van der Waals surface area contributed by atoms with Crippen LogP contribution in [-0.4, -0.2) is 56.5 Å². The highest BCUT2D eigenvalue weighted by Crippen LogP contribution is 2.42. The van der Waals surface area contributed by atoms with Gasteiger partial charge in [0, 0.05) is 25.2 Å². The fourth-order valence-corrected chi connectivity index (χ4v) is 4.89. The van der Waals surface area contributed by atoms with Gasteiger partial charge in [0.2, 0.25) is 0 Å². The van der Waals surface area contributed by atoms with E-state index in [9.17, 15) is 4.79 Å². The SMILES string of the molecule is CCN(CC)C(=O)c1cccc(/C=C2\CC[C@@H](CN(C)C)[C@H](c3cccc(OC)c3)C2)c1.Cl. The zero-order valence-corrected chi connectivity index (χ0v) is 21.5. The van der Waals surface area contributed by atoms with Gasteiger partial charge in [-0.2, -0.15) is 0 Å². The Hall–Kier alpha value is -2.30. The van der Waals surface area contributed by atoms with Crippen molar-refractivity contribution >= 4 is 24.4 Å². The first kappa shape index (κ1) is 26.9. The molecule has 2 aromatic rings. The first-order valence-electron chi connectivity index (χ1n) is 11.8. The van der Waals surface area contributed by atoms with Crippen LogP contribution in [0.15, 0.2) is 54.1 Å². The van der Waals surface area contributed by atoms with Crippen molar-refractivity contribution in [3.63, 3.8) is 0 Å². The number of halogens is 1. The maximum Gasteiger partial charge on any atom is 0.253 e. The number of methoxy groups -OCH3 is 1. The van der Waals surface area contributed by atoms with Crippen molar-refractivity contribution in [2.24, 2.45) is 5.92 Å². The van der Waals surface area contributed by atoms with Crippen molar-refractivity contribution in [2.75, 3.05) is 40.8 Å². The lowest BCUT2D eigenvalue weighted by molar-refractivity contribution is 0.0773. The molecule has 2 aromatic carbocycles. The van der Waals surface area contributed by atoms with E-state index in [1.807, 2.05) is 43.0 Å².